The van der Waals surface area contributed by atoms with Crippen molar-refractivity contribution < 1.29 is 14.7 Å². The van der Waals surface area contributed by atoms with Gasteiger partial charge in [-0.3, -0.25) is 9.59 Å². The van der Waals surface area contributed by atoms with E-state index in [-0.39, 0.29) is 48.9 Å². The third-order valence-electron chi connectivity index (χ3n) is 7.48. The quantitative estimate of drug-likeness (QED) is 0.854. The third kappa shape index (κ3) is 3.20. The first-order chi connectivity index (χ1) is 14.2. The van der Waals surface area contributed by atoms with Crippen LogP contribution in [-0.4, -0.2) is 58.5 Å². The molecular weight excluding hydrogens is 364 g/mol. The van der Waals surface area contributed by atoms with Crippen LogP contribution in [0.25, 0.3) is 5.57 Å². The van der Waals surface area contributed by atoms with Gasteiger partial charge < -0.3 is 14.9 Å². The number of allylic oxidation sites excluding steroid dienone is 2. The van der Waals surface area contributed by atoms with Crippen molar-refractivity contribution in [1.29, 1.82) is 0 Å². The van der Waals surface area contributed by atoms with Gasteiger partial charge in [0.15, 0.2) is 0 Å². The van der Waals surface area contributed by atoms with Gasteiger partial charge in [-0.2, -0.15) is 0 Å². The van der Waals surface area contributed by atoms with E-state index >= 15 is 0 Å². The largest absolute Gasteiger partial charge is 0.394 e. The Labute approximate surface area is 172 Å². The van der Waals surface area contributed by atoms with Gasteiger partial charge in [0.25, 0.3) is 0 Å². The van der Waals surface area contributed by atoms with Crippen molar-refractivity contribution >= 4 is 17.4 Å². The van der Waals surface area contributed by atoms with Crippen LogP contribution in [-0.2, 0) is 9.59 Å². The maximum atomic E-state index is 12.7. The van der Waals surface area contributed by atoms with Crippen LogP contribution in [0.2, 0.25) is 0 Å². The second-order valence-electron chi connectivity index (χ2n) is 9.09. The Balaban J connectivity index is 1.35. The summed E-state index contributed by atoms with van der Waals surface area (Å²) in [6, 6.07) is 8.50. The molecule has 5 rings (SSSR count). The zero-order valence-corrected chi connectivity index (χ0v) is 16.9. The molecule has 4 aliphatic rings. The number of rotatable bonds is 4. The zero-order chi connectivity index (χ0) is 20.0. The molecule has 2 heterocycles. The van der Waals surface area contributed by atoms with Crippen molar-refractivity contribution in [2.24, 2.45) is 5.92 Å². The first-order valence-corrected chi connectivity index (χ1v) is 11.2. The Kier molecular flexibility index (Phi) is 4.94. The smallest absolute Gasteiger partial charge is 0.242 e. The number of hydrogen-bond donors (Lipinski definition) is 1. The van der Waals surface area contributed by atoms with Crippen LogP contribution in [0, 0.1) is 5.92 Å². The molecule has 5 nitrogen and oxygen atoms in total. The van der Waals surface area contributed by atoms with Crippen molar-refractivity contribution in [3.63, 3.8) is 0 Å². The third-order valence-corrected chi connectivity index (χ3v) is 7.48. The van der Waals surface area contributed by atoms with E-state index in [4.69, 9.17) is 0 Å². The van der Waals surface area contributed by atoms with Gasteiger partial charge in [0, 0.05) is 18.4 Å². The fraction of sp³-hybridized carbons (Fsp3) is 0.583. The summed E-state index contributed by atoms with van der Waals surface area (Å²) >= 11 is 0. The van der Waals surface area contributed by atoms with E-state index in [0.717, 1.165) is 37.7 Å². The van der Waals surface area contributed by atoms with Gasteiger partial charge >= 0.3 is 0 Å². The molecule has 2 amide bonds. The Morgan fingerprint density at radius 1 is 1.10 bits per heavy atom. The summed E-state index contributed by atoms with van der Waals surface area (Å²) in [5.41, 5.74) is 3.88. The second-order valence-corrected chi connectivity index (χ2v) is 9.09. The van der Waals surface area contributed by atoms with Gasteiger partial charge in [0.2, 0.25) is 11.8 Å². The van der Waals surface area contributed by atoms with Gasteiger partial charge in [-0.05, 0) is 55.2 Å². The number of carbonyl (C=O) groups is 2. The average molecular weight is 395 g/mol. The number of benzene rings is 1. The lowest BCUT2D eigenvalue weighted by molar-refractivity contribution is -0.169. The Bertz CT molecular complexity index is 827. The lowest BCUT2D eigenvalue weighted by Gasteiger charge is -2.59. The number of carbonyl (C=O) groups excluding carboxylic acids is 2. The minimum atomic E-state index is -0.173. The first kappa shape index (κ1) is 18.9. The summed E-state index contributed by atoms with van der Waals surface area (Å²) in [6.07, 6.45) is 10.2. The topological polar surface area (TPSA) is 60.9 Å². The molecule has 2 saturated heterocycles. The van der Waals surface area contributed by atoms with E-state index < -0.39 is 0 Å². The Hall–Kier alpha value is -2.14. The van der Waals surface area contributed by atoms with Crippen LogP contribution in [0.5, 0.6) is 0 Å². The molecule has 0 spiro atoms. The zero-order valence-electron chi connectivity index (χ0n) is 16.9. The molecule has 29 heavy (non-hydrogen) atoms. The minimum Gasteiger partial charge on any atom is -0.394 e. The Morgan fingerprint density at radius 3 is 2.52 bits per heavy atom. The molecule has 0 aromatic heterocycles. The number of aliphatic hydroxyl groups is 1. The number of amides is 2. The summed E-state index contributed by atoms with van der Waals surface area (Å²) in [6.45, 7) is 0.730. The van der Waals surface area contributed by atoms with Crippen LogP contribution in [0.1, 0.15) is 62.0 Å². The molecule has 1 aromatic carbocycles. The van der Waals surface area contributed by atoms with E-state index in [0.29, 0.717) is 6.54 Å². The van der Waals surface area contributed by atoms with Crippen molar-refractivity contribution in [3.05, 3.63) is 41.5 Å². The normalized spacial score (nSPS) is 29.6. The number of piperazine rings is 1. The average Bonchev–Trinajstić information content (AvgIpc) is 2.69. The highest BCUT2D eigenvalue weighted by molar-refractivity contribution is 5.89. The van der Waals surface area contributed by atoms with Gasteiger partial charge in [-0.25, -0.2) is 0 Å². The highest BCUT2D eigenvalue weighted by Crippen LogP contribution is 2.44. The fourth-order valence-corrected chi connectivity index (χ4v) is 5.60. The van der Waals surface area contributed by atoms with E-state index in [1.165, 1.54) is 24.0 Å². The summed E-state index contributed by atoms with van der Waals surface area (Å²) in [7, 11) is 0. The molecule has 1 N–H and O–H groups in total. The molecule has 1 saturated carbocycles. The standard InChI is InChI=1S/C24H30N2O3/c27-15-21-23(18-11-9-17(10-12-18)16-5-2-1-3-6-16)20-13-25(14-22(28)26(20)21)24(29)19-7-4-8-19/h5,9-12,19-21,23,27H,1-4,6-8,13-15H2/t20-,21-,23-/m0/s1. The fourth-order valence-electron chi connectivity index (χ4n) is 5.60. The van der Waals surface area contributed by atoms with Crippen LogP contribution >= 0.6 is 0 Å². The van der Waals surface area contributed by atoms with Crippen molar-refractivity contribution in [3.8, 4) is 0 Å². The highest BCUT2D eigenvalue weighted by atomic mass is 16.3. The molecule has 2 aliphatic carbocycles. The predicted octanol–water partition coefficient (Wildman–Crippen LogP) is 2.94. The first-order valence-electron chi connectivity index (χ1n) is 11.2. The monoisotopic (exact) mass is 394 g/mol. The molecule has 3 atom stereocenters. The second kappa shape index (κ2) is 7.60. The summed E-state index contributed by atoms with van der Waals surface area (Å²) < 4.78 is 0. The predicted molar refractivity (Wildman–Crippen MR) is 111 cm³/mol. The van der Waals surface area contributed by atoms with Gasteiger partial charge in [-0.1, -0.05) is 36.8 Å². The maximum absolute atomic E-state index is 12.7. The van der Waals surface area contributed by atoms with Gasteiger partial charge in [0.05, 0.1) is 25.2 Å². The van der Waals surface area contributed by atoms with Crippen LogP contribution in [0.15, 0.2) is 30.3 Å². The molecule has 0 radical (unpaired) electrons. The maximum Gasteiger partial charge on any atom is 0.242 e. The molecular formula is C24H30N2O3. The summed E-state index contributed by atoms with van der Waals surface area (Å²) in [5, 5.41) is 9.96. The SMILES string of the molecule is O=C(C1CCC1)N1CC(=O)N2[C@@H](CO)[C@@H](c3ccc(C4=CCCCC4)cc3)[C@@H]2C1. The van der Waals surface area contributed by atoms with Crippen LogP contribution < -0.4 is 0 Å². The van der Waals surface area contributed by atoms with Crippen molar-refractivity contribution in [2.45, 2.75) is 62.9 Å². The van der Waals surface area contributed by atoms with Crippen molar-refractivity contribution in [1.82, 2.24) is 9.80 Å². The van der Waals surface area contributed by atoms with Crippen LogP contribution in [0.3, 0.4) is 0 Å². The van der Waals surface area contributed by atoms with E-state index in [2.05, 4.69) is 30.3 Å². The van der Waals surface area contributed by atoms with Crippen molar-refractivity contribution in [2.75, 3.05) is 19.7 Å². The molecule has 154 valence electrons. The number of hydrogen-bond acceptors (Lipinski definition) is 3. The lowest BCUT2D eigenvalue weighted by atomic mass is 9.73. The highest BCUT2D eigenvalue weighted by Gasteiger charge is 2.54. The molecule has 3 fully saturated rings. The van der Waals surface area contributed by atoms with Gasteiger partial charge in [0.1, 0.15) is 0 Å². The number of nitrogens with zero attached hydrogens (tertiary/aromatic N) is 2. The molecule has 1 aromatic rings. The number of fused-ring (bicyclic) bond motifs is 1. The molecule has 0 bridgehead atoms. The van der Waals surface area contributed by atoms with Crippen LogP contribution in [0.4, 0.5) is 0 Å². The minimum absolute atomic E-state index is 0.0165. The number of aliphatic hydroxyl groups excluding tert-OH is 1. The molecule has 2 aliphatic heterocycles. The Morgan fingerprint density at radius 2 is 1.90 bits per heavy atom. The van der Waals surface area contributed by atoms with E-state index in [1.807, 2.05) is 4.90 Å². The molecule has 0 unspecified atom stereocenters. The summed E-state index contributed by atoms with van der Waals surface area (Å²) in [4.78, 5) is 29.0. The lowest BCUT2D eigenvalue weighted by Crippen LogP contribution is -2.73. The molecule has 5 heteroatoms. The van der Waals surface area contributed by atoms with E-state index in [9.17, 15) is 14.7 Å². The van der Waals surface area contributed by atoms with E-state index in [1.54, 1.807) is 4.90 Å². The van der Waals surface area contributed by atoms with Gasteiger partial charge in [-0.15, -0.1) is 0 Å². The summed E-state index contributed by atoms with van der Waals surface area (Å²) in [5.74, 6) is 0.336.